The fourth-order valence-electron chi connectivity index (χ4n) is 2.44. The maximum Gasteiger partial charge on any atom is 0.232 e. The quantitative estimate of drug-likeness (QED) is 0.778. The minimum atomic E-state index is -0.611. The van der Waals surface area contributed by atoms with Crippen LogP contribution in [0.2, 0.25) is 0 Å². The third-order valence-corrected chi connectivity index (χ3v) is 3.94. The molecule has 2 rings (SSSR count). The summed E-state index contributed by atoms with van der Waals surface area (Å²) in [4.78, 5) is 10.7. The van der Waals surface area contributed by atoms with Crippen molar-refractivity contribution < 1.29 is 9.84 Å². The van der Waals surface area contributed by atoms with Crippen LogP contribution in [0, 0.1) is 9.62 Å². The van der Waals surface area contributed by atoms with E-state index in [1.54, 1.807) is 12.4 Å². The summed E-state index contributed by atoms with van der Waals surface area (Å²) >= 11 is 2.13. The maximum atomic E-state index is 9.83. The van der Waals surface area contributed by atoms with Gasteiger partial charge in [-0.1, -0.05) is 0 Å². The zero-order chi connectivity index (χ0) is 14.6. The number of nitrogens with zero attached hydrogens (tertiary/aromatic N) is 3. The maximum absolute atomic E-state index is 9.83. The largest absolute Gasteiger partial charge is 0.476 e. The molecule has 5 nitrogen and oxygen atoms in total. The number of hydrogen-bond acceptors (Lipinski definition) is 5. The number of rotatable bonds is 5. The summed E-state index contributed by atoms with van der Waals surface area (Å²) in [6, 6.07) is 0. The van der Waals surface area contributed by atoms with Gasteiger partial charge in [-0.2, -0.15) is 0 Å². The van der Waals surface area contributed by atoms with Crippen LogP contribution >= 0.6 is 22.6 Å². The van der Waals surface area contributed by atoms with E-state index < -0.39 is 5.60 Å². The molecule has 20 heavy (non-hydrogen) atoms. The molecule has 0 bridgehead atoms. The van der Waals surface area contributed by atoms with Crippen molar-refractivity contribution in [3.63, 3.8) is 0 Å². The Morgan fingerprint density at radius 3 is 2.60 bits per heavy atom. The first-order valence-corrected chi connectivity index (χ1v) is 8.05. The van der Waals surface area contributed by atoms with Gasteiger partial charge < -0.3 is 14.7 Å². The van der Waals surface area contributed by atoms with Crippen LogP contribution in [0.15, 0.2) is 12.4 Å². The SMILES string of the molecule is CC(C)(O)CN1CCC(COc2cnc(I)cn2)CC1. The fraction of sp³-hybridized carbons (Fsp3) is 0.714. The van der Waals surface area contributed by atoms with Crippen LogP contribution < -0.4 is 4.74 Å². The molecule has 1 aliphatic rings. The zero-order valence-electron chi connectivity index (χ0n) is 12.0. The summed E-state index contributed by atoms with van der Waals surface area (Å²) in [6.07, 6.45) is 5.59. The van der Waals surface area contributed by atoms with Crippen LogP contribution in [0.1, 0.15) is 26.7 Å². The van der Waals surface area contributed by atoms with Crippen molar-refractivity contribution in [1.82, 2.24) is 14.9 Å². The second-order valence-electron chi connectivity index (χ2n) is 6.02. The van der Waals surface area contributed by atoms with Crippen LogP contribution in [0.3, 0.4) is 0 Å². The third kappa shape index (κ3) is 5.49. The zero-order valence-corrected chi connectivity index (χ0v) is 14.2. The summed E-state index contributed by atoms with van der Waals surface area (Å²) in [5.74, 6) is 1.17. The monoisotopic (exact) mass is 391 g/mol. The van der Waals surface area contributed by atoms with Crippen molar-refractivity contribution >= 4 is 22.6 Å². The average molecular weight is 391 g/mol. The number of aromatic nitrogens is 2. The molecule has 0 aliphatic carbocycles. The Hall–Kier alpha value is -0.470. The molecule has 0 unspecified atom stereocenters. The Balaban J connectivity index is 1.70. The van der Waals surface area contributed by atoms with Gasteiger partial charge in [0.15, 0.2) is 0 Å². The normalized spacial score (nSPS) is 18.2. The minimum Gasteiger partial charge on any atom is -0.476 e. The number of ether oxygens (including phenoxy) is 1. The van der Waals surface area contributed by atoms with Crippen molar-refractivity contribution in [3.05, 3.63) is 16.1 Å². The highest BCUT2D eigenvalue weighted by molar-refractivity contribution is 14.1. The topological polar surface area (TPSA) is 58.5 Å². The number of halogens is 1. The lowest BCUT2D eigenvalue weighted by Gasteiger charge is -2.35. The molecule has 0 radical (unpaired) electrons. The van der Waals surface area contributed by atoms with Gasteiger partial charge in [0.05, 0.1) is 24.6 Å². The molecule has 0 amide bonds. The molecule has 1 aromatic heterocycles. The van der Waals surface area contributed by atoms with E-state index in [9.17, 15) is 5.11 Å². The number of aliphatic hydroxyl groups is 1. The Morgan fingerprint density at radius 1 is 1.35 bits per heavy atom. The molecular formula is C14H22IN3O2. The third-order valence-electron chi connectivity index (χ3n) is 3.38. The van der Waals surface area contributed by atoms with Crippen molar-refractivity contribution in [3.8, 4) is 5.88 Å². The second kappa shape index (κ2) is 7.00. The first-order valence-electron chi connectivity index (χ1n) is 6.97. The van der Waals surface area contributed by atoms with E-state index in [4.69, 9.17) is 4.74 Å². The minimum absolute atomic E-state index is 0.564. The number of piperidine rings is 1. The predicted octanol–water partition coefficient (Wildman–Crippen LogP) is 1.94. The molecule has 0 saturated carbocycles. The van der Waals surface area contributed by atoms with E-state index >= 15 is 0 Å². The van der Waals surface area contributed by atoms with Gasteiger partial charge in [0.2, 0.25) is 5.88 Å². The van der Waals surface area contributed by atoms with Crippen LogP contribution in [0.25, 0.3) is 0 Å². The number of likely N-dealkylation sites (tertiary alicyclic amines) is 1. The van der Waals surface area contributed by atoms with Gasteiger partial charge in [-0.15, -0.1) is 0 Å². The van der Waals surface area contributed by atoms with Crippen molar-refractivity contribution in [2.75, 3.05) is 26.2 Å². The molecule has 2 heterocycles. The molecule has 0 spiro atoms. The summed E-state index contributed by atoms with van der Waals surface area (Å²) in [7, 11) is 0. The highest BCUT2D eigenvalue weighted by Crippen LogP contribution is 2.20. The van der Waals surface area contributed by atoms with Gasteiger partial charge >= 0.3 is 0 Å². The standard InChI is InChI=1S/C14H22IN3O2/c1-14(2,19)10-18-5-3-11(4-6-18)9-20-13-8-16-12(15)7-17-13/h7-8,11,19H,3-6,9-10H2,1-2H3. The van der Waals surface area contributed by atoms with Crippen molar-refractivity contribution in [2.24, 2.45) is 5.92 Å². The molecule has 6 heteroatoms. The Kier molecular flexibility index (Phi) is 5.57. The van der Waals surface area contributed by atoms with Crippen LogP contribution in [-0.2, 0) is 0 Å². The first kappa shape index (κ1) is 15.9. The lowest BCUT2D eigenvalue weighted by atomic mass is 9.96. The van der Waals surface area contributed by atoms with Gasteiger partial charge in [-0.05, 0) is 68.3 Å². The first-order chi connectivity index (χ1) is 9.42. The van der Waals surface area contributed by atoms with E-state index in [2.05, 4.69) is 37.5 Å². The molecular weight excluding hydrogens is 369 g/mol. The Bertz CT molecular complexity index is 411. The molecule has 1 N–H and O–H groups in total. The van der Waals surface area contributed by atoms with Crippen molar-refractivity contribution in [1.29, 1.82) is 0 Å². The van der Waals surface area contributed by atoms with E-state index in [0.29, 0.717) is 18.4 Å². The molecule has 0 aromatic carbocycles. The van der Waals surface area contributed by atoms with Crippen LogP contribution in [0.4, 0.5) is 0 Å². The molecule has 1 aromatic rings. The van der Waals surface area contributed by atoms with E-state index in [1.165, 1.54) is 0 Å². The van der Waals surface area contributed by atoms with Gasteiger partial charge in [-0.3, -0.25) is 0 Å². The van der Waals surface area contributed by atoms with E-state index in [-0.39, 0.29) is 0 Å². The Labute approximate surface area is 133 Å². The predicted molar refractivity (Wildman–Crippen MR) is 85.7 cm³/mol. The summed E-state index contributed by atoms with van der Waals surface area (Å²) in [6.45, 7) is 7.21. The lowest BCUT2D eigenvalue weighted by molar-refractivity contribution is 0.0210. The number of hydrogen-bond donors (Lipinski definition) is 1. The number of β-amino-alcohol motifs (C(OH)–C–C–N with tert-alkyl or cyclic N) is 1. The van der Waals surface area contributed by atoms with E-state index in [0.717, 1.165) is 36.2 Å². The molecule has 1 saturated heterocycles. The van der Waals surface area contributed by atoms with Crippen LogP contribution in [-0.4, -0.2) is 51.8 Å². The molecule has 112 valence electrons. The van der Waals surface area contributed by atoms with Gasteiger partial charge in [0.25, 0.3) is 0 Å². The fourth-order valence-corrected chi connectivity index (χ4v) is 2.72. The molecule has 1 fully saturated rings. The smallest absolute Gasteiger partial charge is 0.232 e. The molecule has 1 aliphatic heterocycles. The summed E-state index contributed by atoms with van der Waals surface area (Å²) < 4.78 is 6.56. The van der Waals surface area contributed by atoms with Gasteiger partial charge in [0.1, 0.15) is 3.70 Å². The average Bonchev–Trinajstić information content (AvgIpc) is 2.38. The van der Waals surface area contributed by atoms with Gasteiger partial charge in [-0.25, -0.2) is 9.97 Å². The van der Waals surface area contributed by atoms with Crippen LogP contribution in [0.5, 0.6) is 5.88 Å². The highest BCUT2D eigenvalue weighted by Gasteiger charge is 2.24. The molecule has 0 atom stereocenters. The van der Waals surface area contributed by atoms with Gasteiger partial charge in [0, 0.05) is 6.54 Å². The lowest BCUT2D eigenvalue weighted by Crippen LogP contribution is -2.43. The second-order valence-corrected chi connectivity index (χ2v) is 7.13. The summed E-state index contributed by atoms with van der Waals surface area (Å²) in [5, 5.41) is 9.83. The van der Waals surface area contributed by atoms with E-state index in [1.807, 2.05) is 13.8 Å². The summed E-state index contributed by atoms with van der Waals surface area (Å²) in [5.41, 5.74) is -0.611. The van der Waals surface area contributed by atoms with Crippen molar-refractivity contribution in [2.45, 2.75) is 32.3 Å². The highest BCUT2D eigenvalue weighted by atomic mass is 127. The Morgan fingerprint density at radius 2 is 2.05 bits per heavy atom.